The van der Waals surface area contributed by atoms with Crippen molar-refractivity contribution in [2.24, 2.45) is 17.8 Å². The summed E-state index contributed by atoms with van der Waals surface area (Å²) in [6, 6.07) is 55.7. The van der Waals surface area contributed by atoms with Crippen LogP contribution in [0.2, 0.25) is 0 Å². The van der Waals surface area contributed by atoms with Gasteiger partial charge in [-0.2, -0.15) is 0 Å². The fourth-order valence-corrected chi connectivity index (χ4v) is 10.8. The average Bonchev–Trinajstić information content (AvgIpc) is 1.88. The van der Waals surface area contributed by atoms with E-state index in [1.54, 1.807) is 34.1 Å². The average molecular weight is 1220 g/mol. The number of ether oxygens (including phenoxy) is 2. The van der Waals surface area contributed by atoms with Gasteiger partial charge in [-0.15, -0.1) is 0 Å². The Hall–Kier alpha value is -10.5. The second-order valence-electron chi connectivity index (χ2n) is 22.6. The van der Waals surface area contributed by atoms with Gasteiger partial charge in [0.2, 0.25) is 17.7 Å². The molecule has 0 aliphatic carbocycles. The minimum Gasteiger partial charge on any atom is -0.468 e. The Kier molecular flexibility index (Phi) is 22.2. The number of nitrogens with zero attached hydrogens (tertiary/aromatic N) is 5. The van der Waals surface area contributed by atoms with Gasteiger partial charge in [0.05, 0.1) is 68.7 Å². The number of hydrogen-bond donors (Lipinski definition) is 2. The Morgan fingerprint density at radius 2 is 0.714 bits per heavy atom. The van der Waals surface area contributed by atoms with Crippen LogP contribution in [-0.4, -0.2) is 111 Å². The Bertz CT molecular complexity index is 3690. The number of anilines is 3. The highest BCUT2D eigenvalue weighted by atomic mass is 16.5. The van der Waals surface area contributed by atoms with E-state index in [9.17, 15) is 38.4 Å². The zero-order chi connectivity index (χ0) is 64.4. The van der Waals surface area contributed by atoms with Crippen LogP contribution in [0.3, 0.4) is 0 Å². The van der Waals surface area contributed by atoms with E-state index in [2.05, 4.69) is 49.3 Å². The van der Waals surface area contributed by atoms with Crippen LogP contribution in [0.4, 0.5) is 17.1 Å². The second-order valence-corrected chi connectivity index (χ2v) is 22.6. The molecule has 0 aromatic heterocycles. The molecule has 4 heterocycles. The summed E-state index contributed by atoms with van der Waals surface area (Å²) in [5.41, 5.74) is 11.4. The first-order valence-electron chi connectivity index (χ1n) is 30.4. The molecule has 4 aliphatic heterocycles. The summed E-state index contributed by atoms with van der Waals surface area (Å²) in [4.78, 5) is 108. The Balaban J connectivity index is 0.000000163. The number of para-hydroxylation sites is 3. The quantitative estimate of drug-likeness (QED) is 0.0927. The number of benzene rings is 7. The highest BCUT2D eigenvalue weighted by molar-refractivity contribution is 6.02. The molecular formula is C74H75N7O10. The van der Waals surface area contributed by atoms with Crippen LogP contribution in [0.15, 0.2) is 194 Å². The third kappa shape index (κ3) is 17.0. The largest absolute Gasteiger partial charge is 0.468 e. The van der Waals surface area contributed by atoms with Gasteiger partial charge in [0, 0.05) is 49.4 Å². The Labute approximate surface area is 531 Å². The number of esters is 2. The van der Waals surface area contributed by atoms with Gasteiger partial charge < -0.3 is 39.7 Å². The van der Waals surface area contributed by atoms with Crippen molar-refractivity contribution in [2.45, 2.75) is 47.0 Å². The van der Waals surface area contributed by atoms with Crippen LogP contribution in [0.25, 0.3) is 18.2 Å². The van der Waals surface area contributed by atoms with Crippen molar-refractivity contribution in [1.82, 2.24) is 20.4 Å². The summed E-state index contributed by atoms with van der Waals surface area (Å²) in [5.74, 6) is -2.11. The van der Waals surface area contributed by atoms with Gasteiger partial charge in [-0.05, 0) is 93.5 Å². The summed E-state index contributed by atoms with van der Waals surface area (Å²) in [6.45, 7) is 10.8. The molecule has 11 rings (SSSR count). The third-order valence-electron chi connectivity index (χ3n) is 16.1. The van der Waals surface area contributed by atoms with E-state index in [-0.39, 0.29) is 66.3 Å². The van der Waals surface area contributed by atoms with Crippen LogP contribution in [0.5, 0.6) is 0 Å². The number of amides is 6. The van der Waals surface area contributed by atoms with Crippen LogP contribution in [-0.2, 0) is 59.6 Å². The van der Waals surface area contributed by atoms with Gasteiger partial charge in [-0.1, -0.05) is 179 Å². The van der Waals surface area contributed by atoms with Crippen molar-refractivity contribution in [1.29, 1.82) is 0 Å². The van der Waals surface area contributed by atoms with Crippen LogP contribution in [0, 0.1) is 17.8 Å². The lowest BCUT2D eigenvalue weighted by Gasteiger charge is -2.34. The van der Waals surface area contributed by atoms with Crippen molar-refractivity contribution in [3.8, 4) is 0 Å². The number of carbonyl (C=O) groups excluding carboxylic acids is 8. The lowest BCUT2D eigenvalue weighted by molar-refractivity contribution is -0.140. The van der Waals surface area contributed by atoms with Gasteiger partial charge in [-0.25, -0.2) is 0 Å². The molecule has 6 amide bonds. The highest BCUT2D eigenvalue weighted by Gasteiger charge is 2.29. The summed E-state index contributed by atoms with van der Waals surface area (Å²) < 4.78 is 9.00. The first kappa shape index (κ1) is 64.9. The molecule has 2 N–H and O–H groups in total. The van der Waals surface area contributed by atoms with E-state index in [4.69, 9.17) is 0 Å². The molecule has 17 nitrogen and oxygen atoms in total. The maximum Gasteiger partial charge on any atom is 0.325 e. The minimum atomic E-state index is -0.508. The Morgan fingerprint density at radius 3 is 1.07 bits per heavy atom. The first-order valence-corrected chi connectivity index (χ1v) is 30.4. The maximum atomic E-state index is 13.1. The number of nitrogens with one attached hydrogen (secondary N) is 2. The molecule has 17 heteroatoms. The molecule has 0 saturated carbocycles. The van der Waals surface area contributed by atoms with Gasteiger partial charge in [0.1, 0.15) is 13.1 Å². The summed E-state index contributed by atoms with van der Waals surface area (Å²) >= 11 is 0. The fraction of sp³-hybridized carbons (Fsp3) is 0.243. The Morgan fingerprint density at radius 1 is 0.396 bits per heavy atom. The van der Waals surface area contributed by atoms with Gasteiger partial charge in [0.15, 0.2) is 0 Å². The lowest BCUT2D eigenvalue weighted by Crippen LogP contribution is -2.48. The van der Waals surface area contributed by atoms with E-state index >= 15 is 0 Å². The number of methoxy groups -OCH3 is 2. The number of carbonyl (C=O) groups is 8. The van der Waals surface area contributed by atoms with Crippen molar-refractivity contribution in [3.05, 3.63) is 250 Å². The second kappa shape index (κ2) is 31.1. The molecule has 3 atom stereocenters. The first-order chi connectivity index (χ1) is 44.1. The summed E-state index contributed by atoms with van der Waals surface area (Å²) in [5, 5.41) is 5.00. The maximum absolute atomic E-state index is 13.1. The molecular weight excluding hydrogens is 1150 g/mol. The van der Waals surface area contributed by atoms with Gasteiger partial charge in [-0.3, -0.25) is 43.3 Å². The third-order valence-corrected chi connectivity index (χ3v) is 16.1. The van der Waals surface area contributed by atoms with E-state index in [1.807, 2.05) is 194 Å². The molecule has 466 valence electrons. The van der Waals surface area contributed by atoms with Crippen molar-refractivity contribution >= 4 is 82.7 Å². The lowest BCUT2D eigenvalue weighted by atomic mass is 10.1. The molecule has 0 spiro atoms. The molecule has 0 bridgehead atoms. The molecule has 4 aliphatic rings. The van der Waals surface area contributed by atoms with Gasteiger partial charge >= 0.3 is 11.9 Å². The normalized spacial score (nSPS) is 16.6. The van der Waals surface area contributed by atoms with Crippen molar-refractivity contribution in [3.63, 3.8) is 0 Å². The molecule has 1 saturated heterocycles. The predicted molar refractivity (Wildman–Crippen MR) is 353 cm³/mol. The zero-order valence-corrected chi connectivity index (χ0v) is 51.8. The molecule has 0 radical (unpaired) electrons. The molecule has 7 aromatic rings. The van der Waals surface area contributed by atoms with Crippen molar-refractivity contribution in [2.75, 3.05) is 68.2 Å². The smallest absolute Gasteiger partial charge is 0.325 e. The molecule has 0 unspecified atom stereocenters. The monoisotopic (exact) mass is 1220 g/mol. The van der Waals surface area contributed by atoms with E-state index < -0.39 is 11.9 Å². The standard InChI is InChI=1S/C30H31N3O2.2C22H22N2O4/c1-23-11-14-26-9-5-6-10-28(26)33(29(23)34)22-25-12-15-27(16-13-25)30(35)32-19-17-31(18-20-32)21-24-7-3-2-4-8-24;2*1-15-7-10-17-5-3-4-6-19(17)24(22(15)27)14-16-8-11-18(12-9-16)21(26)23-13-20(25)28-2/h2-16,23H,17-22H2,1H3;2*3-12,15H,13-14H2,1-2H3,(H,23,26)/t23-;2*15-/m111/s1. The van der Waals surface area contributed by atoms with Gasteiger partial charge in [0.25, 0.3) is 17.7 Å². The van der Waals surface area contributed by atoms with E-state index in [0.717, 1.165) is 83.2 Å². The summed E-state index contributed by atoms with van der Waals surface area (Å²) in [6.07, 6.45) is 11.8. The van der Waals surface area contributed by atoms with E-state index in [0.29, 0.717) is 36.3 Å². The topological polar surface area (TPSA) is 195 Å². The number of rotatable bonds is 15. The number of fused-ring (bicyclic) bond motifs is 3. The molecule has 7 aromatic carbocycles. The SMILES string of the molecule is COC(=O)CNC(=O)c1ccc(CN2C(=O)[C@H](C)C=Cc3ccccc32)cc1.COC(=O)CNC(=O)c1ccc(CN2C(=O)[C@H](C)C=Cc3ccccc32)cc1.C[C@@H]1C=Cc2ccccc2N(Cc2ccc(C(=O)N3CCN(Cc4ccccc4)CC3)cc2)C1=O. The van der Waals surface area contributed by atoms with E-state index in [1.165, 1.54) is 19.8 Å². The predicted octanol–water partition coefficient (Wildman–Crippen LogP) is 10.4. The van der Waals surface area contributed by atoms with Crippen LogP contribution in [0.1, 0.15) is 90.8 Å². The fourth-order valence-electron chi connectivity index (χ4n) is 10.8. The molecule has 1 fully saturated rings. The number of piperazine rings is 1. The number of hydrogen-bond acceptors (Lipinski definition) is 11. The highest BCUT2D eigenvalue weighted by Crippen LogP contribution is 2.32. The zero-order valence-electron chi connectivity index (χ0n) is 51.8. The van der Waals surface area contributed by atoms with Crippen LogP contribution >= 0.6 is 0 Å². The van der Waals surface area contributed by atoms with Crippen LogP contribution < -0.4 is 25.3 Å². The molecule has 91 heavy (non-hydrogen) atoms. The van der Waals surface area contributed by atoms with Crippen molar-refractivity contribution < 1.29 is 47.8 Å². The minimum absolute atomic E-state index is 0.0288. The summed E-state index contributed by atoms with van der Waals surface area (Å²) in [7, 11) is 2.53.